The van der Waals surface area contributed by atoms with Gasteiger partial charge in [-0.15, -0.1) is 0 Å². The smallest absolute Gasteiger partial charge is 0.224 e. The quantitative estimate of drug-likeness (QED) is 0.749. The molecule has 0 aromatic carbocycles. The number of pyridine rings is 1. The first-order valence-electron chi connectivity index (χ1n) is 8.77. The van der Waals surface area contributed by atoms with Gasteiger partial charge in [0.15, 0.2) is 11.5 Å². The third-order valence-corrected chi connectivity index (χ3v) is 5.01. The minimum Gasteiger partial charge on any atom is -0.323 e. The molecule has 1 aliphatic rings. The number of nitrogens with one attached hydrogen (secondary N) is 2. The van der Waals surface area contributed by atoms with Gasteiger partial charge in [0.2, 0.25) is 5.91 Å². The molecular formula is C18H22N6O. The van der Waals surface area contributed by atoms with Crippen molar-refractivity contribution in [3.05, 3.63) is 41.1 Å². The zero-order chi connectivity index (χ0) is 17.4. The average molecular weight is 338 g/mol. The molecule has 0 spiro atoms. The molecule has 1 saturated carbocycles. The normalized spacial score (nSPS) is 14.6. The van der Waals surface area contributed by atoms with Gasteiger partial charge in [0.05, 0.1) is 11.4 Å². The molecule has 3 heterocycles. The molecule has 0 aliphatic heterocycles. The Hall–Kier alpha value is -2.70. The summed E-state index contributed by atoms with van der Waals surface area (Å²) in [4.78, 5) is 17.0. The molecule has 0 bridgehead atoms. The van der Waals surface area contributed by atoms with Gasteiger partial charge >= 0.3 is 0 Å². The van der Waals surface area contributed by atoms with E-state index in [-0.39, 0.29) is 5.91 Å². The van der Waals surface area contributed by atoms with E-state index in [2.05, 4.69) is 25.6 Å². The predicted molar refractivity (Wildman–Crippen MR) is 94.6 cm³/mol. The lowest BCUT2D eigenvalue weighted by molar-refractivity contribution is -0.116. The average Bonchev–Trinajstić information content (AvgIpc) is 3.08. The number of nitrogens with zero attached hydrogens (tertiary/aromatic N) is 4. The van der Waals surface area contributed by atoms with E-state index in [1.165, 1.54) is 6.42 Å². The van der Waals surface area contributed by atoms with Crippen LogP contribution >= 0.6 is 0 Å². The Morgan fingerprint density at radius 2 is 2.24 bits per heavy atom. The van der Waals surface area contributed by atoms with E-state index in [9.17, 15) is 4.79 Å². The molecule has 0 atom stereocenters. The maximum absolute atomic E-state index is 12.4. The fraction of sp³-hybridized carbons (Fsp3) is 0.444. The summed E-state index contributed by atoms with van der Waals surface area (Å²) in [6.45, 7) is 3.93. The van der Waals surface area contributed by atoms with Gasteiger partial charge in [-0.3, -0.25) is 9.89 Å². The largest absolute Gasteiger partial charge is 0.323 e. The van der Waals surface area contributed by atoms with Crippen LogP contribution in [0.15, 0.2) is 18.3 Å². The molecule has 130 valence electrons. The van der Waals surface area contributed by atoms with Crippen molar-refractivity contribution in [2.45, 2.75) is 51.9 Å². The standard InChI is InChI=1S/C18H22N6O/c1-11-14(12(2)22-21-11)8-9-16(25)19-15-7-4-10-24-18(15)20-17(23-24)13-5-3-6-13/h4,7,10,13H,3,5-6,8-9H2,1-2H3,(H,19,25)(H,21,22). The number of hydrogen-bond acceptors (Lipinski definition) is 4. The minimum atomic E-state index is -0.0266. The van der Waals surface area contributed by atoms with Crippen LogP contribution in [0.3, 0.4) is 0 Å². The van der Waals surface area contributed by atoms with E-state index in [0.717, 1.165) is 35.6 Å². The van der Waals surface area contributed by atoms with Crippen molar-refractivity contribution in [1.29, 1.82) is 0 Å². The van der Waals surface area contributed by atoms with Gasteiger partial charge in [-0.2, -0.15) is 10.2 Å². The van der Waals surface area contributed by atoms with E-state index in [4.69, 9.17) is 0 Å². The molecule has 1 aliphatic carbocycles. The Balaban J connectivity index is 1.48. The maximum Gasteiger partial charge on any atom is 0.224 e. The summed E-state index contributed by atoms with van der Waals surface area (Å²) in [5.74, 6) is 1.33. The number of rotatable bonds is 5. The first kappa shape index (κ1) is 15.8. The monoisotopic (exact) mass is 338 g/mol. The Kier molecular flexibility index (Phi) is 3.99. The molecule has 4 rings (SSSR count). The number of amides is 1. The first-order valence-corrected chi connectivity index (χ1v) is 8.77. The SMILES string of the molecule is Cc1n[nH]c(C)c1CCC(=O)Nc1cccn2nc(C3CCC3)nc12. The number of carbonyl (C=O) groups is 1. The van der Waals surface area contributed by atoms with Crippen LogP contribution in [0, 0.1) is 13.8 Å². The number of aromatic nitrogens is 5. The molecule has 1 amide bonds. The molecule has 2 N–H and O–H groups in total. The summed E-state index contributed by atoms with van der Waals surface area (Å²) < 4.78 is 1.76. The summed E-state index contributed by atoms with van der Waals surface area (Å²) in [5.41, 5.74) is 4.52. The molecule has 1 fully saturated rings. The predicted octanol–water partition coefficient (Wildman–Crippen LogP) is 2.91. The van der Waals surface area contributed by atoms with Gasteiger partial charge in [0, 0.05) is 24.2 Å². The number of hydrogen-bond donors (Lipinski definition) is 2. The molecule has 3 aromatic rings. The van der Waals surface area contributed by atoms with Crippen LogP contribution in [0.4, 0.5) is 5.69 Å². The van der Waals surface area contributed by atoms with Crippen LogP contribution in [0.2, 0.25) is 0 Å². The van der Waals surface area contributed by atoms with Crippen LogP contribution in [-0.2, 0) is 11.2 Å². The molecule has 3 aromatic heterocycles. The number of H-pyrrole nitrogens is 1. The van der Waals surface area contributed by atoms with Crippen molar-refractivity contribution in [3.8, 4) is 0 Å². The van der Waals surface area contributed by atoms with Crippen LogP contribution < -0.4 is 5.32 Å². The van der Waals surface area contributed by atoms with E-state index in [1.54, 1.807) is 4.52 Å². The lowest BCUT2D eigenvalue weighted by atomic mass is 9.85. The van der Waals surface area contributed by atoms with Gasteiger partial charge < -0.3 is 5.32 Å². The molecule has 25 heavy (non-hydrogen) atoms. The van der Waals surface area contributed by atoms with Gasteiger partial charge in [-0.25, -0.2) is 9.50 Å². The van der Waals surface area contributed by atoms with Crippen LogP contribution in [0.5, 0.6) is 0 Å². The van der Waals surface area contributed by atoms with Gasteiger partial charge in [-0.1, -0.05) is 6.42 Å². The van der Waals surface area contributed by atoms with Crippen molar-refractivity contribution < 1.29 is 4.79 Å². The zero-order valence-corrected chi connectivity index (χ0v) is 14.5. The van der Waals surface area contributed by atoms with Gasteiger partial charge in [0.1, 0.15) is 0 Å². The highest BCUT2D eigenvalue weighted by Gasteiger charge is 2.24. The third kappa shape index (κ3) is 3.01. The molecule has 7 heteroatoms. The number of aromatic amines is 1. The van der Waals surface area contributed by atoms with Gasteiger partial charge in [0.25, 0.3) is 0 Å². The number of fused-ring (bicyclic) bond motifs is 1. The highest BCUT2D eigenvalue weighted by atomic mass is 16.1. The Labute approximate surface area is 145 Å². The fourth-order valence-corrected chi connectivity index (χ4v) is 3.25. The summed E-state index contributed by atoms with van der Waals surface area (Å²) in [6, 6.07) is 3.76. The van der Waals surface area contributed by atoms with Crippen molar-refractivity contribution >= 4 is 17.2 Å². The summed E-state index contributed by atoms with van der Waals surface area (Å²) >= 11 is 0. The lowest BCUT2D eigenvalue weighted by Gasteiger charge is -2.21. The Morgan fingerprint density at radius 1 is 1.40 bits per heavy atom. The van der Waals surface area contributed by atoms with Crippen molar-refractivity contribution in [3.63, 3.8) is 0 Å². The van der Waals surface area contributed by atoms with E-state index < -0.39 is 0 Å². The van der Waals surface area contributed by atoms with Gasteiger partial charge in [-0.05, 0) is 50.8 Å². The number of anilines is 1. The van der Waals surface area contributed by atoms with Crippen LogP contribution in [0.25, 0.3) is 5.65 Å². The highest BCUT2D eigenvalue weighted by molar-refractivity contribution is 5.94. The zero-order valence-electron chi connectivity index (χ0n) is 14.5. The second-order valence-electron chi connectivity index (χ2n) is 6.75. The maximum atomic E-state index is 12.4. The van der Waals surface area contributed by atoms with Crippen LogP contribution in [0.1, 0.15) is 54.4 Å². The second-order valence-corrected chi connectivity index (χ2v) is 6.75. The van der Waals surface area contributed by atoms with Crippen molar-refractivity contribution in [1.82, 2.24) is 24.8 Å². The van der Waals surface area contributed by atoms with E-state index in [0.29, 0.717) is 30.1 Å². The summed E-state index contributed by atoms with van der Waals surface area (Å²) in [5, 5.41) is 14.7. The Morgan fingerprint density at radius 3 is 2.92 bits per heavy atom. The van der Waals surface area contributed by atoms with Crippen molar-refractivity contribution in [2.24, 2.45) is 0 Å². The van der Waals surface area contributed by atoms with Crippen LogP contribution in [-0.4, -0.2) is 30.7 Å². The first-order chi connectivity index (χ1) is 12.1. The van der Waals surface area contributed by atoms with E-state index >= 15 is 0 Å². The molecule has 0 saturated heterocycles. The van der Waals surface area contributed by atoms with E-state index in [1.807, 2.05) is 32.2 Å². The molecule has 0 unspecified atom stereocenters. The molecular weight excluding hydrogens is 316 g/mol. The number of aryl methyl sites for hydroxylation is 2. The highest BCUT2D eigenvalue weighted by Crippen LogP contribution is 2.35. The fourth-order valence-electron chi connectivity index (χ4n) is 3.25. The summed E-state index contributed by atoms with van der Waals surface area (Å²) in [6.07, 6.45) is 6.51. The second kappa shape index (κ2) is 6.31. The Bertz CT molecular complexity index is 901. The third-order valence-electron chi connectivity index (χ3n) is 5.01. The topological polar surface area (TPSA) is 88.0 Å². The minimum absolute atomic E-state index is 0.0266. The van der Waals surface area contributed by atoms with Crippen molar-refractivity contribution in [2.75, 3.05) is 5.32 Å². The summed E-state index contributed by atoms with van der Waals surface area (Å²) in [7, 11) is 0. The number of carbonyl (C=O) groups excluding carboxylic acids is 1. The molecule has 7 nitrogen and oxygen atoms in total. The molecule has 0 radical (unpaired) electrons. The lowest BCUT2D eigenvalue weighted by Crippen LogP contribution is -2.13.